The first-order valence-corrected chi connectivity index (χ1v) is 6.16. The van der Waals surface area contributed by atoms with Crippen molar-refractivity contribution < 1.29 is 13.2 Å². The zero-order valence-corrected chi connectivity index (χ0v) is 10.1. The maximum absolute atomic E-state index is 11.9. The average molecular weight is 258 g/mol. The van der Waals surface area contributed by atoms with Gasteiger partial charge in [0.25, 0.3) is 0 Å². The smallest absolute Gasteiger partial charge is 0.384 e. The summed E-state index contributed by atoms with van der Waals surface area (Å²) >= 11 is 0. The van der Waals surface area contributed by atoms with Crippen LogP contribution in [-0.2, 0) is 0 Å². The molecule has 0 saturated heterocycles. The summed E-state index contributed by atoms with van der Waals surface area (Å²) in [6.07, 6.45) is -4.60. The Kier molecular flexibility index (Phi) is 4.11. The molecule has 0 aromatic heterocycles. The highest BCUT2D eigenvalue weighted by Gasteiger charge is 2.26. The molecule has 1 heterocycles. The Morgan fingerprint density at radius 2 is 2.06 bits per heavy atom. The molecular weight excluding hydrogens is 241 g/mol. The molecule has 0 fully saturated rings. The summed E-state index contributed by atoms with van der Waals surface area (Å²) in [5, 5.41) is 6.40. The lowest BCUT2D eigenvalue weighted by atomic mass is 10.0. The second-order valence-electron chi connectivity index (χ2n) is 4.59. The Balaban J connectivity index is 1.70. The summed E-state index contributed by atoms with van der Waals surface area (Å²) < 4.78 is 35.8. The average Bonchev–Trinajstić information content (AvgIpc) is 2.71. The molecular formula is C13H17F3N2. The molecule has 2 N–H and O–H groups in total. The van der Waals surface area contributed by atoms with Crippen molar-refractivity contribution in [3.05, 3.63) is 29.8 Å². The Morgan fingerprint density at radius 3 is 2.83 bits per heavy atom. The topological polar surface area (TPSA) is 24.1 Å². The van der Waals surface area contributed by atoms with Crippen LogP contribution < -0.4 is 10.6 Å². The lowest BCUT2D eigenvalue weighted by molar-refractivity contribution is -0.135. The Labute approximate surface area is 105 Å². The minimum absolute atomic E-state index is 0.144. The largest absolute Gasteiger partial charge is 0.389 e. The molecule has 100 valence electrons. The van der Waals surface area contributed by atoms with Crippen molar-refractivity contribution in [2.45, 2.75) is 24.9 Å². The van der Waals surface area contributed by atoms with E-state index in [1.165, 1.54) is 5.56 Å². The third-order valence-electron chi connectivity index (χ3n) is 3.14. The summed E-state index contributed by atoms with van der Waals surface area (Å²) in [4.78, 5) is 0. The van der Waals surface area contributed by atoms with E-state index in [-0.39, 0.29) is 6.42 Å². The van der Waals surface area contributed by atoms with Crippen LogP contribution in [0.2, 0.25) is 0 Å². The number of hydrogen-bond donors (Lipinski definition) is 2. The lowest BCUT2D eigenvalue weighted by Crippen LogP contribution is -2.24. The van der Waals surface area contributed by atoms with E-state index in [4.69, 9.17) is 0 Å². The molecule has 1 aromatic rings. The highest BCUT2D eigenvalue weighted by molar-refractivity contribution is 5.57. The first kappa shape index (κ1) is 13.2. The van der Waals surface area contributed by atoms with Crippen LogP contribution in [0.25, 0.3) is 0 Å². The molecule has 0 aliphatic carbocycles. The van der Waals surface area contributed by atoms with Gasteiger partial charge >= 0.3 is 6.18 Å². The van der Waals surface area contributed by atoms with Gasteiger partial charge in [-0.25, -0.2) is 0 Å². The molecule has 0 spiro atoms. The fourth-order valence-electron chi connectivity index (χ4n) is 2.23. The van der Waals surface area contributed by atoms with E-state index < -0.39 is 12.6 Å². The van der Waals surface area contributed by atoms with Gasteiger partial charge in [0, 0.05) is 31.1 Å². The number of nitrogens with one attached hydrogen (secondary N) is 2. The monoisotopic (exact) mass is 258 g/mol. The molecule has 5 heteroatoms. The number of rotatable bonds is 5. The third kappa shape index (κ3) is 3.63. The number of fused-ring (bicyclic) bond motifs is 1. The van der Waals surface area contributed by atoms with Gasteiger partial charge in [0.1, 0.15) is 0 Å². The standard InChI is InChI=1S/C13H17F3N2/c14-13(15,16)6-3-7-17-8-10-9-18-12-5-2-1-4-11(10)12/h1-2,4-5,10,17-18H,3,6-9H2. The van der Waals surface area contributed by atoms with Gasteiger partial charge in [-0.05, 0) is 24.6 Å². The van der Waals surface area contributed by atoms with Gasteiger partial charge in [-0.3, -0.25) is 0 Å². The van der Waals surface area contributed by atoms with Crippen molar-refractivity contribution in [3.63, 3.8) is 0 Å². The van der Waals surface area contributed by atoms with Crippen LogP contribution in [-0.4, -0.2) is 25.8 Å². The van der Waals surface area contributed by atoms with Gasteiger partial charge < -0.3 is 10.6 Å². The first-order valence-electron chi connectivity index (χ1n) is 6.16. The van der Waals surface area contributed by atoms with Gasteiger partial charge in [0.15, 0.2) is 0 Å². The van der Waals surface area contributed by atoms with Gasteiger partial charge in [0.05, 0.1) is 0 Å². The summed E-state index contributed by atoms with van der Waals surface area (Å²) in [6, 6.07) is 8.06. The highest BCUT2D eigenvalue weighted by atomic mass is 19.4. The van der Waals surface area contributed by atoms with E-state index in [1.807, 2.05) is 18.2 Å². The van der Waals surface area contributed by atoms with E-state index >= 15 is 0 Å². The van der Waals surface area contributed by atoms with Gasteiger partial charge in [0.2, 0.25) is 0 Å². The first-order chi connectivity index (χ1) is 8.56. The Morgan fingerprint density at radius 1 is 1.28 bits per heavy atom. The summed E-state index contributed by atoms with van der Waals surface area (Å²) in [5.74, 6) is 0.354. The van der Waals surface area contributed by atoms with Gasteiger partial charge in [-0.1, -0.05) is 18.2 Å². The quantitative estimate of drug-likeness (QED) is 0.793. The molecule has 2 rings (SSSR count). The predicted octanol–water partition coefficient (Wildman–Crippen LogP) is 3.13. The summed E-state index contributed by atoms with van der Waals surface area (Å²) in [7, 11) is 0. The van der Waals surface area contributed by atoms with Crippen molar-refractivity contribution in [3.8, 4) is 0 Å². The maximum Gasteiger partial charge on any atom is 0.389 e. The molecule has 1 aromatic carbocycles. The second-order valence-corrected chi connectivity index (χ2v) is 4.59. The van der Waals surface area contributed by atoms with Gasteiger partial charge in [-0.15, -0.1) is 0 Å². The molecule has 0 bridgehead atoms. The van der Waals surface area contributed by atoms with E-state index in [1.54, 1.807) is 0 Å². The number of para-hydroxylation sites is 1. The fraction of sp³-hybridized carbons (Fsp3) is 0.538. The Bertz CT molecular complexity index is 390. The lowest BCUT2D eigenvalue weighted by Gasteiger charge is -2.12. The number of hydrogen-bond acceptors (Lipinski definition) is 2. The maximum atomic E-state index is 11.9. The van der Waals surface area contributed by atoms with Crippen LogP contribution in [0.4, 0.5) is 18.9 Å². The molecule has 1 aliphatic rings. The number of alkyl halides is 3. The molecule has 2 nitrogen and oxygen atoms in total. The third-order valence-corrected chi connectivity index (χ3v) is 3.14. The molecule has 0 saturated carbocycles. The molecule has 18 heavy (non-hydrogen) atoms. The zero-order valence-electron chi connectivity index (χ0n) is 10.1. The van der Waals surface area contributed by atoms with Crippen molar-refractivity contribution in [1.29, 1.82) is 0 Å². The van der Waals surface area contributed by atoms with E-state index in [0.717, 1.165) is 18.8 Å². The number of anilines is 1. The minimum atomic E-state index is -4.04. The number of benzene rings is 1. The van der Waals surface area contributed by atoms with Crippen LogP contribution in [0, 0.1) is 0 Å². The van der Waals surface area contributed by atoms with Crippen LogP contribution in [0.5, 0.6) is 0 Å². The van der Waals surface area contributed by atoms with Crippen LogP contribution in [0.15, 0.2) is 24.3 Å². The Hall–Kier alpha value is -1.23. The van der Waals surface area contributed by atoms with Crippen LogP contribution in [0.1, 0.15) is 24.3 Å². The predicted molar refractivity (Wildman–Crippen MR) is 65.8 cm³/mol. The molecule has 1 aliphatic heterocycles. The molecule has 1 unspecified atom stereocenters. The SMILES string of the molecule is FC(F)(F)CCCNCC1CNc2ccccc21. The highest BCUT2D eigenvalue weighted by Crippen LogP contribution is 2.30. The van der Waals surface area contributed by atoms with E-state index in [2.05, 4.69) is 16.7 Å². The van der Waals surface area contributed by atoms with Crippen molar-refractivity contribution in [1.82, 2.24) is 5.32 Å². The van der Waals surface area contributed by atoms with Crippen molar-refractivity contribution in [2.24, 2.45) is 0 Å². The minimum Gasteiger partial charge on any atom is -0.384 e. The number of halogens is 3. The molecule has 0 radical (unpaired) electrons. The van der Waals surface area contributed by atoms with Crippen LogP contribution in [0.3, 0.4) is 0 Å². The van der Waals surface area contributed by atoms with Crippen molar-refractivity contribution >= 4 is 5.69 Å². The molecule has 1 atom stereocenters. The normalized spacial score (nSPS) is 18.5. The van der Waals surface area contributed by atoms with Crippen LogP contribution >= 0.6 is 0 Å². The van der Waals surface area contributed by atoms with Crippen molar-refractivity contribution in [2.75, 3.05) is 25.0 Å². The zero-order chi connectivity index (χ0) is 13.0. The fourth-order valence-corrected chi connectivity index (χ4v) is 2.23. The summed E-state index contributed by atoms with van der Waals surface area (Å²) in [5.41, 5.74) is 2.39. The summed E-state index contributed by atoms with van der Waals surface area (Å²) in [6.45, 7) is 1.99. The van der Waals surface area contributed by atoms with E-state index in [0.29, 0.717) is 12.5 Å². The van der Waals surface area contributed by atoms with E-state index in [9.17, 15) is 13.2 Å². The van der Waals surface area contributed by atoms with Gasteiger partial charge in [-0.2, -0.15) is 13.2 Å². The molecule has 0 amide bonds. The second kappa shape index (κ2) is 5.61.